The number of allylic oxidation sites excluding steroid dienone is 2. The summed E-state index contributed by atoms with van der Waals surface area (Å²) in [4.78, 5) is 4.83. The predicted octanol–water partition coefficient (Wildman–Crippen LogP) is 13.8. The minimum Gasteiger partial charge on any atom is -0.332 e. The summed E-state index contributed by atoms with van der Waals surface area (Å²) in [5, 5.41) is 20.9. The van der Waals surface area contributed by atoms with E-state index in [1.807, 2.05) is 12.1 Å². The molecule has 0 fully saturated rings. The molecule has 0 amide bonds. The third kappa shape index (κ3) is 5.64. The van der Waals surface area contributed by atoms with Crippen LogP contribution in [0.25, 0.3) is 16.7 Å². The fraction of sp³-hybridized carbons (Fsp3) is 0.143. The highest BCUT2D eigenvalue weighted by Crippen LogP contribution is 2.65. The van der Waals surface area contributed by atoms with Crippen molar-refractivity contribution in [3.63, 3.8) is 0 Å². The summed E-state index contributed by atoms with van der Waals surface area (Å²) in [6, 6.07) is 59.3. The van der Waals surface area contributed by atoms with E-state index < -0.39 is 11.0 Å². The van der Waals surface area contributed by atoms with E-state index in [0.29, 0.717) is 17.5 Å². The van der Waals surface area contributed by atoms with Crippen molar-refractivity contribution < 1.29 is 0 Å². The minimum atomic E-state index is -0.782. The highest BCUT2D eigenvalue weighted by Gasteiger charge is 2.55. The molecule has 4 nitrogen and oxygen atoms in total. The number of nitrogens with zero attached hydrogens (tertiary/aromatic N) is 4. The predicted molar refractivity (Wildman–Crippen MR) is 245 cm³/mol. The lowest BCUT2D eigenvalue weighted by atomic mass is 9.65. The van der Waals surface area contributed by atoms with Crippen LogP contribution in [-0.4, -0.2) is 5.54 Å². The molecule has 3 aliphatic rings. The Morgan fingerprint density at radius 1 is 0.467 bits per heavy atom. The summed E-state index contributed by atoms with van der Waals surface area (Å²) in [6.45, 7) is 10.8. The molecule has 0 saturated heterocycles. The molecule has 3 aliphatic carbocycles. The first-order chi connectivity index (χ1) is 29.1. The minimum absolute atomic E-state index is 0.500. The fourth-order valence-corrected chi connectivity index (χ4v) is 10.0. The van der Waals surface area contributed by atoms with Crippen molar-refractivity contribution in [2.75, 3.05) is 9.80 Å². The Morgan fingerprint density at radius 3 is 1.32 bits per heavy atom. The standard InChI is InChI=1S/C56H44N4/c1-36-6-16-42(17-7-36)59(43-18-8-37(2)9-19-43)46-24-27-49-50-28-29-55(5,60(44-20-10-38(3)11-21-44)45-22-12-39(4)13-23-45)33-54(50)56(53(49)32-46)51-30-40(34-57)14-25-47(51)48-26-15-41(35-58)31-52(48)56/h6-32H,33H2,1-5H3. The molecular formula is C56H44N4. The Hall–Kier alpha value is -7.40. The molecule has 1 atom stereocenters. The number of nitriles is 2. The smallest absolute Gasteiger partial charge is 0.0991 e. The second-order valence-electron chi connectivity index (χ2n) is 17.0. The third-order valence-corrected chi connectivity index (χ3v) is 13.0. The summed E-state index contributed by atoms with van der Waals surface area (Å²) in [6.07, 6.45) is 5.43. The van der Waals surface area contributed by atoms with Gasteiger partial charge < -0.3 is 9.80 Å². The molecule has 0 saturated carbocycles. The van der Waals surface area contributed by atoms with Gasteiger partial charge in [-0.3, -0.25) is 0 Å². The topological polar surface area (TPSA) is 54.1 Å². The van der Waals surface area contributed by atoms with E-state index in [0.717, 1.165) is 56.3 Å². The third-order valence-electron chi connectivity index (χ3n) is 13.0. The molecule has 60 heavy (non-hydrogen) atoms. The van der Waals surface area contributed by atoms with Crippen LogP contribution in [0, 0.1) is 50.4 Å². The lowest BCUT2D eigenvalue weighted by Gasteiger charge is -2.46. The van der Waals surface area contributed by atoms with E-state index in [-0.39, 0.29) is 0 Å². The van der Waals surface area contributed by atoms with Gasteiger partial charge in [-0.2, -0.15) is 10.5 Å². The molecule has 0 radical (unpaired) electrons. The summed E-state index contributed by atoms with van der Waals surface area (Å²) >= 11 is 0. The highest BCUT2D eigenvalue weighted by atomic mass is 15.2. The Balaban J connectivity index is 1.25. The number of fused-ring (bicyclic) bond motifs is 9. The van der Waals surface area contributed by atoms with Gasteiger partial charge in [0, 0.05) is 28.4 Å². The van der Waals surface area contributed by atoms with Crippen molar-refractivity contribution in [3.05, 3.63) is 225 Å². The van der Waals surface area contributed by atoms with Crippen molar-refractivity contribution in [3.8, 4) is 23.3 Å². The highest BCUT2D eigenvalue weighted by molar-refractivity contribution is 5.99. The maximum atomic E-state index is 10.5. The average molecular weight is 773 g/mol. The maximum Gasteiger partial charge on any atom is 0.0991 e. The Morgan fingerprint density at radius 2 is 0.867 bits per heavy atom. The van der Waals surface area contributed by atoms with E-state index in [9.17, 15) is 10.5 Å². The number of benzene rings is 7. The van der Waals surface area contributed by atoms with Gasteiger partial charge in [0.2, 0.25) is 0 Å². The zero-order valence-electron chi connectivity index (χ0n) is 34.6. The molecular weight excluding hydrogens is 729 g/mol. The fourth-order valence-electron chi connectivity index (χ4n) is 10.0. The first-order valence-corrected chi connectivity index (χ1v) is 20.7. The van der Waals surface area contributed by atoms with Crippen molar-refractivity contribution in [2.45, 2.75) is 52.0 Å². The van der Waals surface area contributed by atoms with Crippen LogP contribution < -0.4 is 9.80 Å². The van der Waals surface area contributed by atoms with Gasteiger partial charge in [0.1, 0.15) is 0 Å². The van der Waals surface area contributed by atoms with Crippen LogP contribution >= 0.6 is 0 Å². The molecule has 0 bridgehead atoms. The average Bonchev–Trinajstić information content (AvgIpc) is 3.71. The van der Waals surface area contributed by atoms with Crippen LogP contribution in [0.1, 0.15) is 69.0 Å². The Kier molecular flexibility index (Phi) is 8.53. The normalized spacial score (nSPS) is 16.4. The summed E-state index contributed by atoms with van der Waals surface area (Å²) in [5.41, 5.74) is 19.3. The van der Waals surface area contributed by atoms with Crippen LogP contribution in [0.15, 0.2) is 169 Å². The van der Waals surface area contributed by atoms with E-state index in [2.05, 4.69) is 208 Å². The van der Waals surface area contributed by atoms with Crippen LogP contribution in [-0.2, 0) is 5.41 Å². The van der Waals surface area contributed by atoms with Crippen LogP contribution in [0.4, 0.5) is 28.4 Å². The lowest BCUT2D eigenvalue weighted by molar-refractivity contribution is 0.527. The first-order valence-electron chi connectivity index (χ1n) is 20.7. The van der Waals surface area contributed by atoms with E-state index >= 15 is 0 Å². The van der Waals surface area contributed by atoms with Crippen molar-refractivity contribution >= 4 is 34.0 Å². The molecule has 1 spiro atoms. The molecule has 0 heterocycles. The quantitative estimate of drug-likeness (QED) is 0.169. The molecule has 0 N–H and O–H groups in total. The molecule has 1 unspecified atom stereocenters. The van der Waals surface area contributed by atoms with E-state index in [4.69, 9.17) is 0 Å². The number of hydrogen-bond acceptors (Lipinski definition) is 4. The van der Waals surface area contributed by atoms with Crippen LogP contribution in [0.2, 0.25) is 0 Å². The molecule has 7 aromatic rings. The van der Waals surface area contributed by atoms with Crippen molar-refractivity contribution in [2.24, 2.45) is 0 Å². The molecule has 7 aromatic carbocycles. The van der Waals surface area contributed by atoms with Gasteiger partial charge in [0.15, 0.2) is 0 Å². The second kappa shape index (κ2) is 13.9. The molecule has 10 rings (SSSR count). The van der Waals surface area contributed by atoms with Gasteiger partial charge in [-0.25, -0.2) is 0 Å². The Labute approximate surface area is 353 Å². The van der Waals surface area contributed by atoms with Crippen LogP contribution in [0.3, 0.4) is 0 Å². The van der Waals surface area contributed by atoms with Gasteiger partial charge in [-0.05, 0) is 170 Å². The monoisotopic (exact) mass is 772 g/mol. The second-order valence-corrected chi connectivity index (χ2v) is 17.0. The maximum absolute atomic E-state index is 10.5. The zero-order valence-corrected chi connectivity index (χ0v) is 34.6. The van der Waals surface area contributed by atoms with Gasteiger partial charge in [-0.15, -0.1) is 0 Å². The zero-order chi connectivity index (χ0) is 41.3. The number of rotatable bonds is 6. The van der Waals surface area contributed by atoms with Gasteiger partial charge >= 0.3 is 0 Å². The summed E-state index contributed by atoms with van der Waals surface area (Å²) in [5.74, 6) is 0. The molecule has 288 valence electrons. The number of anilines is 5. The van der Waals surface area contributed by atoms with Crippen molar-refractivity contribution in [1.29, 1.82) is 10.5 Å². The van der Waals surface area contributed by atoms with E-state index in [1.54, 1.807) is 0 Å². The first kappa shape index (κ1) is 36.9. The SMILES string of the molecule is Cc1ccc(N(c2ccc(C)cc2)c2ccc3c(c2)C2(C4=C3C=CC(C)(N(c3ccc(C)cc3)c3ccc(C)cc3)C4)c3cc(C#N)ccc3-c3ccc(C#N)cc32)cc1. The van der Waals surface area contributed by atoms with Crippen LogP contribution in [0.5, 0.6) is 0 Å². The molecule has 4 heteroatoms. The molecule has 0 aromatic heterocycles. The summed E-state index contributed by atoms with van der Waals surface area (Å²) < 4.78 is 0. The van der Waals surface area contributed by atoms with Crippen molar-refractivity contribution in [1.82, 2.24) is 0 Å². The Bertz CT molecular complexity index is 2850. The van der Waals surface area contributed by atoms with Gasteiger partial charge in [-0.1, -0.05) is 101 Å². The lowest BCUT2D eigenvalue weighted by Crippen LogP contribution is -2.45. The van der Waals surface area contributed by atoms with Gasteiger partial charge in [0.05, 0.1) is 34.2 Å². The largest absolute Gasteiger partial charge is 0.332 e. The molecule has 0 aliphatic heterocycles. The van der Waals surface area contributed by atoms with E-state index in [1.165, 1.54) is 39.0 Å². The summed E-state index contributed by atoms with van der Waals surface area (Å²) in [7, 11) is 0. The number of aryl methyl sites for hydroxylation is 4. The number of hydrogen-bond donors (Lipinski definition) is 0. The van der Waals surface area contributed by atoms with Gasteiger partial charge in [0.25, 0.3) is 0 Å².